The van der Waals surface area contributed by atoms with Crippen LogP contribution in [0.3, 0.4) is 0 Å². The summed E-state index contributed by atoms with van der Waals surface area (Å²) in [6, 6.07) is 9.67. The summed E-state index contributed by atoms with van der Waals surface area (Å²) in [4.78, 5) is 28.2. The molecule has 0 fully saturated rings. The first-order valence-corrected chi connectivity index (χ1v) is 8.57. The Morgan fingerprint density at radius 3 is 2.88 bits per heavy atom. The number of hydrogen-bond acceptors (Lipinski definition) is 4. The summed E-state index contributed by atoms with van der Waals surface area (Å²) in [5.41, 5.74) is 2.67. The molecule has 5 heteroatoms. The van der Waals surface area contributed by atoms with Crippen LogP contribution in [-0.4, -0.2) is 23.3 Å². The fourth-order valence-electron chi connectivity index (χ4n) is 2.54. The molecule has 0 spiro atoms. The number of hydrogen-bond donors (Lipinski definition) is 1. The molecule has 0 aliphatic rings. The van der Waals surface area contributed by atoms with Gasteiger partial charge >= 0.3 is 5.97 Å². The van der Waals surface area contributed by atoms with Gasteiger partial charge in [-0.05, 0) is 29.5 Å². The Morgan fingerprint density at radius 1 is 1.25 bits per heavy atom. The van der Waals surface area contributed by atoms with Crippen molar-refractivity contribution in [2.24, 2.45) is 0 Å². The number of para-hydroxylation sites is 1. The SMILES string of the molecule is CCc1cccc2c(C(=O)COC(=O)/C=C/c3cccs3)c[nH]c12. The highest BCUT2D eigenvalue weighted by molar-refractivity contribution is 7.10. The zero-order chi connectivity index (χ0) is 16.9. The van der Waals surface area contributed by atoms with E-state index in [1.54, 1.807) is 12.3 Å². The van der Waals surface area contributed by atoms with E-state index in [0.717, 1.165) is 27.8 Å². The quantitative estimate of drug-likeness (QED) is 0.415. The van der Waals surface area contributed by atoms with Crippen molar-refractivity contribution < 1.29 is 14.3 Å². The number of H-pyrrole nitrogens is 1. The zero-order valence-electron chi connectivity index (χ0n) is 13.2. The van der Waals surface area contributed by atoms with Crippen molar-refractivity contribution in [1.82, 2.24) is 4.98 Å². The van der Waals surface area contributed by atoms with Gasteiger partial charge in [0.15, 0.2) is 6.61 Å². The Kier molecular flexibility index (Phi) is 4.91. The fourth-order valence-corrected chi connectivity index (χ4v) is 3.16. The van der Waals surface area contributed by atoms with Crippen LogP contribution in [0.15, 0.2) is 48.0 Å². The fraction of sp³-hybridized carbons (Fsp3) is 0.158. The summed E-state index contributed by atoms with van der Waals surface area (Å²) in [6.45, 7) is 1.80. The van der Waals surface area contributed by atoms with Gasteiger partial charge in [0.25, 0.3) is 0 Å². The van der Waals surface area contributed by atoms with Gasteiger partial charge in [-0.2, -0.15) is 0 Å². The normalized spacial score (nSPS) is 11.2. The van der Waals surface area contributed by atoms with Crippen LogP contribution >= 0.6 is 11.3 Å². The van der Waals surface area contributed by atoms with Gasteiger partial charge in [0.2, 0.25) is 5.78 Å². The monoisotopic (exact) mass is 339 g/mol. The Labute approximate surface area is 143 Å². The number of esters is 1. The van der Waals surface area contributed by atoms with Crippen LogP contribution in [0.5, 0.6) is 0 Å². The number of Topliss-reactive ketones (excluding diaryl/α,β-unsaturated/α-hetero) is 1. The molecule has 2 heterocycles. The maximum absolute atomic E-state index is 12.3. The number of ether oxygens (including phenoxy) is 1. The second-order valence-electron chi connectivity index (χ2n) is 5.28. The maximum Gasteiger partial charge on any atom is 0.331 e. The van der Waals surface area contributed by atoms with Crippen LogP contribution in [0, 0.1) is 0 Å². The predicted octanol–water partition coefficient (Wildman–Crippen LogP) is 4.23. The highest BCUT2D eigenvalue weighted by Gasteiger charge is 2.14. The number of rotatable bonds is 6. The number of thiophene rings is 1. The topological polar surface area (TPSA) is 59.2 Å². The minimum atomic E-state index is -0.522. The Morgan fingerprint density at radius 2 is 2.12 bits per heavy atom. The van der Waals surface area contributed by atoms with Gasteiger partial charge in [-0.3, -0.25) is 4.79 Å². The third-order valence-corrected chi connectivity index (χ3v) is 4.59. The summed E-state index contributed by atoms with van der Waals surface area (Å²) < 4.78 is 5.05. The molecule has 1 N–H and O–H groups in total. The van der Waals surface area contributed by atoms with Crippen LogP contribution in [0.1, 0.15) is 27.7 Å². The first kappa shape index (κ1) is 16.2. The van der Waals surface area contributed by atoms with Gasteiger partial charge in [0.1, 0.15) is 0 Å². The smallest absolute Gasteiger partial charge is 0.331 e. The summed E-state index contributed by atoms with van der Waals surface area (Å²) in [5, 5.41) is 2.79. The molecule has 0 bridgehead atoms. The molecule has 4 nitrogen and oxygen atoms in total. The second-order valence-corrected chi connectivity index (χ2v) is 6.25. The number of carbonyl (C=O) groups is 2. The molecule has 1 aromatic carbocycles. The van der Waals surface area contributed by atoms with E-state index in [1.807, 2.05) is 35.7 Å². The lowest BCUT2D eigenvalue weighted by molar-refractivity contribution is -0.136. The number of aromatic nitrogens is 1. The first-order valence-electron chi connectivity index (χ1n) is 7.69. The molecule has 0 radical (unpaired) electrons. The average Bonchev–Trinajstić information content (AvgIpc) is 3.26. The highest BCUT2D eigenvalue weighted by atomic mass is 32.1. The minimum Gasteiger partial charge on any atom is -0.454 e. The average molecular weight is 339 g/mol. The minimum absolute atomic E-state index is 0.215. The molecule has 3 aromatic rings. The summed E-state index contributed by atoms with van der Waals surface area (Å²) >= 11 is 1.53. The standard InChI is InChI=1S/C19H17NO3S/c1-2-13-5-3-7-15-16(11-20-19(13)15)17(21)12-23-18(22)9-8-14-6-4-10-24-14/h3-11,20H,2,12H2,1H3/b9-8+. The van der Waals surface area contributed by atoms with Crippen molar-refractivity contribution >= 4 is 40.1 Å². The summed E-state index contributed by atoms with van der Waals surface area (Å²) in [5.74, 6) is -0.738. The molecular weight excluding hydrogens is 322 g/mol. The first-order chi connectivity index (χ1) is 11.7. The molecule has 0 unspecified atom stereocenters. The van der Waals surface area contributed by atoms with Crippen molar-refractivity contribution in [3.05, 3.63) is 64.0 Å². The van der Waals surface area contributed by atoms with E-state index in [-0.39, 0.29) is 12.4 Å². The van der Waals surface area contributed by atoms with E-state index in [4.69, 9.17) is 4.74 Å². The Balaban J connectivity index is 1.66. The van der Waals surface area contributed by atoms with E-state index in [2.05, 4.69) is 11.9 Å². The summed E-state index contributed by atoms with van der Waals surface area (Å²) in [7, 11) is 0. The molecule has 3 rings (SSSR count). The lowest BCUT2D eigenvalue weighted by Gasteiger charge is -2.02. The van der Waals surface area contributed by atoms with E-state index >= 15 is 0 Å². The lowest BCUT2D eigenvalue weighted by Crippen LogP contribution is -2.12. The Bertz CT molecular complexity index is 891. The maximum atomic E-state index is 12.3. The number of carbonyl (C=O) groups excluding carboxylic acids is 2. The van der Waals surface area contributed by atoms with Gasteiger partial charge in [-0.25, -0.2) is 4.79 Å². The lowest BCUT2D eigenvalue weighted by atomic mass is 10.1. The molecule has 0 amide bonds. The van der Waals surface area contributed by atoms with Crippen molar-refractivity contribution in [3.63, 3.8) is 0 Å². The van der Waals surface area contributed by atoms with Crippen LogP contribution in [0.4, 0.5) is 0 Å². The van der Waals surface area contributed by atoms with Gasteiger partial charge in [-0.1, -0.05) is 31.2 Å². The van der Waals surface area contributed by atoms with Crippen molar-refractivity contribution in [1.29, 1.82) is 0 Å². The van der Waals surface area contributed by atoms with E-state index < -0.39 is 5.97 Å². The molecule has 0 aliphatic heterocycles. The van der Waals surface area contributed by atoms with Gasteiger partial charge in [0, 0.05) is 33.6 Å². The summed E-state index contributed by atoms with van der Waals surface area (Å²) in [6.07, 6.45) is 5.58. The van der Waals surface area contributed by atoms with Gasteiger partial charge < -0.3 is 9.72 Å². The van der Waals surface area contributed by atoms with E-state index in [0.29, 0.717) is 5.56 Å². The third kappa shape index (κ3) is 3.46. The number of benzene rings is 1. The molecule has 0 saturated carbocycles. The molecule has 0 atom stereocenters. The number of aryl methyl sites for hydroxylation is 1. The van der Waals surface area contributed by atoms with Crippen LogP contribution < -0.4 is 0 Å². The van der Waals surface area contributed by atoms with E-state index in [9.17, 15) is 9.59 Å². The van der Waals surface area contributed by atoms with Crippen LogP contribution in [0.25, 0.3) is 17.0 Å². The van der Waals surface area contributed by atoms with Crippen LogP contribution in [0.2, 0.25) is 0 Å². The molecule has 0 saturated heterocycles. The number of ketones is 1. The predicted molar refractivity (Wildman–Crippen MR) is 96.3 cm³/mol. The van der Waals surface area contributed by atoms with Crippen molar-refractivity contribution in [2.75, 3.05) is 6.61 Å². The largest absolute Gasteiger partial charge is 0.454 e. The number of nitrogens with one attached hydrogen (secondary N) is 1. The van der Waals surface area contributed by atoms with E-state index in [1.165, 1.54) is 17.4 Å². The van der Waals surface area contributed by atoms with Gasteiger partial charge in [-0.15, -0.1) is 11.3 Å². The highest BCUT2D eigenvalue weighted by Crippen LogP contribution is 2.22. The molecular formula is C19H17NO3S. The molecule has 122 valence electrons. The second kappa shape index (κ2) is 7.27. The number of aromatic amines is 1. The number of fused-ring (bicyclic) bond motifs is 1. The molecule has 2 aromatic heterocycles. The molecule has 0 aliphatic carbocycles. The Hall–Kier alpha value is -2.66. The molecule has 24 heavy (non-hydrogen) atoms. The van der Waals surface area contributed by atoms with Crippen molar-refractivity contribution in [2.45, 2.75) is 13.3 Å². The third-order valence-electron chi connectivity index (χ3n) is 3.76. The van der Waals surface area contributed by atoms with Crippen molar-refractivity contribution in [3.8, 4) is 0 Å². The van der Waals surface area contributed by atoms with Crippen LogP contribution in [-0.2, 0) is 16.0 Å². The van der Waals surface area contributed by atoms with Gasteiger partial charge in [0.05, 0.1) is 0 Å². The zero-order valence-corrected chi connectivity index (χ0v) is 14.1.